The molecule has 0 aromatic carbocycles. The Bertz CT molecular complexity index is 253. The summed E-state index contributed by atoms with van der Waals surface area (Å²) in [6, 6.07) is 0. The first-order valence-electron chi connectivity index (χ1n) is 7.40. The number of hydrogen-bond acceptors (Lipinski definition) is 3. The molecule has 1 amide bonds. The standard InChI is InChI=1S/C14H27N3O/c1-17-8-6-13(11-17)10-16-14(18)5-4-12-3-2-7-15-9-12/h12-13,15H,2-11H2,1H3,(H,16,18). The van der Waals surface area contributed by atoms with Crippen LogP contribution in [-0.2, 0) is 4.79 Å². The van der Waals surface area contributed by atoms with Crippen molar-refractivity contribution in [2.45, 2.75) is 32.1 Å². The largest absolute Gasteiger partial charge is 0.356 e. The van der Waals surface area contributed by atoms with Crippen molar-refractivity contribution in [2.75, 3.05) is 39.8 Å². The van der Waals surface area contributed by atoms with E-state index in [1.165, 1.54) is 25.8 Å². The Balaban J connectivity index is 1.54. The summed E-state index contributed by atoms with van der Waals surface area (Å²) in [5.41, 5.74) is 0. The maximum absolute atomic E-state index is 11.8. The number of rotatable bonds is 5. The third kappa shape index (κ3) is 4.58. The number of hydrogen-bond donors (Lipinski definition) is 2. The second-order valence-electron chi connectivity index (χ2n) is 5.97. The summed E-state index contributed by atoms with van der Waals surface area (Å²) in [6.45, 7) is 5.42. The predicted octanol–water partition coefficient (Wildman–Crippen LogP) is 0.834. The van der Waals surface area contributed by atoms with Crippen molar-refractivity contribution in [3.63, 3.8) is 0 Å². The molecule has 0 aromatic heterocycles. The smallest absolute Gasteiger partial charge is 0.220 e. The van der Waals surface area contributed by atoms with Crippen molar-refractivity contribution in [1.82, 2.24) is 15.5 Å². The summed E-state index contributed by atoms with van der Waals surface area (Å²) in [7, 11) is 2.15. The SMILES string of the molecule is CN1CCC(CNC(=O)CCC2CCCNC2)C1. The number of nitrogens with one attached hydrogen (secondary N) is 2. The summed E-state index contributed by atoms with van der Waals surface area (Å²) in [5.74, 6) is 1.62. The molecule has 2 fully saturated rings. The Morgan fingerprint density at radius 1 is 1.39 bits per heavy atom. The van der Waals surface area contributed by atoms with Crippen molar-refractivity contribution < 1.29 is 4.79 Å². The molecule has 2 rings (SSSR count). The van der Waals surface area contributed by atoms with E-state index in [-0.39, 0.29) is 5.91 Å². The number of amides is 1. The monoisotopic (exact) mass is 253 g/mol. The van der Waals surface area contributed by atoms with Crippen molar-refractivity contribution in [3.8, 4) is 0 Å². The van der Waals surface area contributed by atoms with Gasteiger partial charge in [0.1, 0.15) is 0 Å². The maximum Gasteiger partial charge on any atom is 0.220 e. The summed E-state index contributed by atoms with van der Waals surface area (Å²) >= 11 is 0. The third-order valence-electron chi connectivity index (χ3n) is 4.26. The molecule has 104 valence electrons. The highest BCUT2D eigenvalue weighted by molar-refractivity contribution is 5.75. The molecule has 0 saturated carbocycles. The zero-order valence-electron chi connectivity index (χ0n) is 11.6. The van der Waals surface area contributed by atoms with Crippen LogP contribution in [0, 0.1) is 11.8 Å². The Labute approximate surface area is 110 Å². The summed E-state index contributed by atoms with van der Waals surface area (Å²) in [5, 5.41) is 6.50. The van der Waals surface area contributed by atoms with Gasteiger partial charge in [0.2, 0.25) is 5.91 Å². The van der Waals surface area contributed by atoms with Gasteiger partial charge in [0, 0.05) is 19.5 Å². The fraction of sp³-hybridized carbons (Fsp3) is 0.929. The molecule has 0 spiro atoms. The van der Waals surface area contributed by atoms with Crippen LogP contribution in [-0.4, -0.2) is 50.6 Å². The molecular weight excluding hydrogens is 226 g/mol. The zero-order valence-corrected chi connectivity index (χ0v) is 11.6. The number of piperidine rings is 1. The average Bonchev–Trinajstić information content (AvgIpc) is 2.81. The van der Waals surface area contributed by atoms with Crippen LogP contribution in [0.5, 0.6) is 0 Å². The van der Waals surface area contributed by atoms with Crippen LogP contribution in [0.3, 0.4) is 0 Å². The van der Waals surface area contributed by atoms with Crippen molar-refractivity contribution in [1.29, 1.82) is 0 Å². The van der Waals surface area contributed by atoms with Gasteiger partial charge >= 0.3 is 0 Å². The van der Waals surface area contributed by atoms with E-state index in [1.807, 2.05) is 0 Å². The molecule has 2 heterocycles. The first-order chi connectivity index (χ1) is 8.74. The molecule has 2 N–H and O–H groups in total. The van der Waals surface area contributed by atoms with E-state index in [4.69, 9.17) is 0 Å². The van der Waals surface area contributed by atoms with Gasteiger partial charge in [-0.1, -0.05) is 0 Å². The van der Waals surface area contributed by atoms with Gasteiger partial charge in [-0.15, -0.1) is 0 Å². The fourth-order valence-corrected chi connectivity index (χ4v) is 3.05. The van der Waals surface area contributed by atoms with Crippen LogP contribution >= 0.6 is 0 Å². The van der Waals surface area contributed by atoms with E-state index in [1.54, 1.807) is 0 Å². The first kappa shape index (κ1) is 13.8. The lowest BCUT2D eigenvalue weighted by molar-refractivity contribution is -0.121. The van der Waals surface area contributed by atoms with Crippen LogP contribution in [0.15, 0.2) is 0 Å². The minimum absolute atomic E-state index is 0.245. The van der Waals surface area contributed by atoms with Crippen LogP contribution in [0.25, 0.3) is 0 Å². The van der Waals surface area contributed by atoms with Gasteiger partial charge in [0.05, 0.1) is 0 Å². The highest BCUT2D eigenvalue weighted by Crippen LogP contribution is 2.16. The molecule has 2 atom stereocenters. The van der Waals surface area contributed by atoms with Crippen molar-refractivity contribution in [2.24, 2.45) is 11.8 Å². The Kier molecular flexibility index (Phi) is 5.45. The minimum atomic E-state index is 0.245. The number of carbonyl (C=O) groups excluding carboxylic acids is 1. The van der Waals surface area contributed by atoms with Gasteiger partial charge in [-0.2, -0.15) is 0 Å². The van der Waals surface area contributed by atoms with Gasteiger partial charge in [-0.25, -0.2) is 0 Å². The first-order valence-corrected chi connectivity index (χ1v) is 7.40. The molecule has 4 heteroatoms. The molecule has 2 saturated heterocycles. The van der Waals surface area contributed by atoms with Gasteiger partial charge < -0.3 is 15.5 Å². The van der Waals surface area contributed by atoms with Gasteiger partial charge in [-0.05, 0) is 64.2 Å². The highest BCUT2D eigenvalue weighted by atomic mass is 16.1. The molecule has 0 radical (unpaired) electrons. The molecule has 0 aromatic rings. The van der Waals surface area contributed by atoms with E-state index in [2.05, 4.69) is 22.6 Å². The molecule has 0 aliphatic carbocycles. The molecule has 18 heavy (non-hydrogen) atoms. The number of likely N-dealkylation sites (tertiary alicyclic amines) is 1. The number of nitrogens with zero attached hydrogens (tertiary/aromatic N) is 1. The lowest BCUT2D eigenvalue weighted by Gasteiger charge is -2.22. The molecule has 2 unspecified atom stereocenters. The quantitative estimate of drug-likeness (QED) is 0.763. The Hall–Kier alpha value is -0.610. The predicted molar refractivity (Wildman–Crippen MR) is 73.4 cm³/mol. The maximum atomic E-state index is 11.8. The van der Waals surface area contributed by atoms with E-state index >= 15 is 0 Å². The summed E-state index contributed by atoms with van der Waals surface area (Å²) in [6.07, 6.45) is 5.52. The van der Waals surface area contributed by atoms with Crippen molar-refractivity contribution >= 4 is 5.91 Å². The van der Waals surface area contributed by atoms with Gasteiger partial charge in [0.25, 0.3) is 0 Å². The van der Waals surface area contributed by atoms with E-state index in [0.717, 1.165) is 32.6 Å². The lowest BCUT2D eigenvalue weighted by Crippen LogP contribution is -2.33. The second kappa shape index (κ2) is 7.10. The fourth-order valence-electron chi connectivity index (χ4n) is 3.05. The molecule has 2 aliphatic heterocycles. The third-order valence-corrected chi connectivity index (χ3v) is 4.26. The molecule has 2 aliphatic rings. The van der Waals surface area contributed by atoms with Crippen LogP contribution in [0.4, 0.5) is 0 Å². The Morgan fingerprint density at radius 2 is 2.28 bits per heavy atom. The zero-order chi connectivity index (χ0) is 12.8. The van der Waals surface area contributed by atoms with E-state index in [9.17, 15) is 4.79 Å². The average molecular weight is 253 g/mol. The second-order valence-corrected chi connectivity index (χ2v) is 5.97. The summed E-state index contributed by atoms with van der Waals surface area (Å²) in [4.78, 5) is 14.1. The van der Waals surface area contributed by atoms with Gasteiger partial charge in [0.15, 0.2) is 0 Å². The van der Waals surface area contributed by atoms with Gasteiger partial charge in [-0.3, -0.25) is 4.79 Å². The molecular formula is C14H27N3O. The van der Waals surface area contributed by atoms with Crippen LogP contribution in [0.1, 0.15) is 32.1 Å². The highest BCUT2D eigenvalue weighted by Gasteiger charge is 2.20. The number of carbonyl (C=O) groups is 1. The van der Waals surface area contributed by atoms with Crippen LogP contribution < -0.4 is 10.6 Å². The van der Waals surface area contributed by atoms with E-state index < -0.39 is 0 Å². The molecule has 4 nitrogen and oxygen atoms in total. The van der Waals surface area contributed by atoms with Crippen LogP contribution in [0.2, 0.25) is 0 Å². The van der Waals surface area contributed by atoms with Crippen molar-refractivity contribution in [3.05, 3.63) is 0 Å². The minimum Gasteiger partial charge on any atom is -0.356 e. The summed E-state index contributed by atoms with van der Waals surface area (Å²) < 4.78 is 0. The topological polar surface area (TPSA) is 44.4 Å². The Morgan fingerprint density at radius 3 is 2.94 bits per heavy atom. The lowest BCUT2D eigenvalue weighted by atomic mass is 9.94. The van der Waals surface area contributed by atoms with E-state index in [0.29, 0.717) is 18.3 Å². The normalized spacial score (nSPS) is 29.4. The molecule has 0 bridgehead atoms.